The van der Waals surface area contributed by atoms with Gasteiger partial charge in [0.05, 0.1) is 11.5 Å². The Morgan fingerprint density at radius 2 is 2.17 bits per heavy atom. The fourth-order valence-corrected chi connectivity index (χ4v) is 3.94. The Morgan fingerprint density at radius 3 is 2.83 bits per heavy atom. The van der Waals surface area contributed by atoms with E-state index >= 15 is 0 Å². The summed E-state index contributed by atoms with van der Waals surface area (Å²) in [6, 6.07) is 2.99. The summed E-state index contributed by atoms with van der Waals surface area (Å²) in [7, 11) is -3.00. The van der Waals surface area contributed by atoms with Crippen LogP contribution in [-0.2, 0) is 14.6 Å². The summed E-state index contributed by atoms with van der Waals surface area (Å²) in [5.74, 6) is 0.00976. The van der Waals surface area contributed by atoms with Gasteiger partial charge in [-0.05, 0) is 17.9 Å². The molecule has 1 fully saturated rings. The number of carbonyl (C=O) groups is 1. The Labute approximate surface area is 111 Å². The second-order valence-electron chi connectivity index (χ2n) is 4.32. The molecule has 1 amide bonds. The Bertz CT molecular complexity index is 510. The van der Waals surface area contributed by atoms with Crippen LogP contribution in [0.15, 0.2) is 17.5 Å². The van der Waals surface area contributed by atoms with Gasteiger partial charge in [0.2, 0.25) is 5.91 Å². The lowest BCUT2D eigenvalue weighted by atomic mass is 10.2. The zero-order valence-corrected chi connectivity index (χ0v) is 11.5. The molecule has 0 saturated carbocycles. The minimum Gasteiger partial charge on any atom is -0.340 e. The number of carbonyl (C=O) groups excluding carboxylic acids is 1. The van der Waals surface area contributed by atoms with Crippen molar-refractivity contribution in [1.29, 1.82) is 0 Å². The van der Waals surface area contributed by atoms with Crippen molar-refractivity contribution in [3.05, 3.63) is 22.4 Å². The number of nitrogens with zero attached hydrogens (tertiary/aromatic N) is 1. The van der Waals surface area contributed by atoms with E-state index in [0.717, 1.165) is 4.88 Å². The maximum atomic E-state index is 12.2. The largest absolute Gasteiger partial charge is 0.340 e. The van der Waals surface area contributed by atoms with Crippen molar-refractivity contribution in [3.8, 4) is 0 Å². The predicted molar refractivity (Wildman–Crippen MR) is 71.1 cm³/mol. The highest BCUT2D eigenvalue weighted by molar-refractivity contribution is 7.91. The molecule has 0 radical (unpaired) electrons. The number of sulfone groups is 1. The molecule has 1 aromatic rings. The molecule has 18 heavy (non-hydrogen) atoms. The van der Waals surface area contributed by atoms with Crippen molar-refractivity contribution in [3.63, 3.8) is 0 Å². The first-order chi connectivity index (χ1) is 8.49. The molecule has 5 nitrogen and oxygen atoms in total. The molecule has 1 aromatic heterocycles. The molecule has 2 rings (SSSR count). The summed E-state index contributed by atoms with van der Waals surface area (Å²) in [5.41, 5.74) is 5.90. The highest BCUT2D eigenvalue weighted by atomic mass is 32.2. The summed E-state index contributed by atoms with van der Waals surface area (Å²) >= 11 is 1.44. The molecule has 100 valence electrons. The van der Waals surface area contributed by atoms with Gasteiger partial charge < -0.3 is 10.6 Å². The third-order valence-corrected chi connectivity index (χ3v) is 5.65. The number of hydrogen-bond donors (Lipinski definition) is 1. The van der Waals surface area contributed by atoms with Crippen LogP contribution in [0.25, 0.3) is 0 Å². The lowest BCUT2D eigenvalue weighted by Gasteiger charge is -2.22. The van der Waals surface area contributed by atoms with E-state index in [-0.39, 0.29) is 24.0 Å². The predicted octanol–water partition coefficient (Wildman–Crippen LogP) is 0.395. The van der Waals surface area contributed by atoms with Gasteiger partial charge >= 0.3 is 0 Å². The van der Waals surface area contributed by atoms with Crippen LogP contribution in [0.3, 0.4) is 0 Å². The molecule has 1 aliphatic heterocycles. The summed E-state index contributed by atoms with van der Waals surface area (Å²) in [6.45, 7) is 0.720. The average Bonchev–Trinajstić information content (AvgIpc) is 2.79. The molecular weight excluding hydrogens is 272 g/mol. The van der Waals surface area contributed by atoms with Crippen LogP contribution < -0.4 is 5.73 Å². The van der Waals surface area contributed by atoms with Gasteiger partial charge in [-0.2, -0.15) is 0 Å². The first-order valence-corrected chi connectivity index (χ1v) is 8.48. The zero-order valence-electron chi connectivity index (χ0n) is 9.91. The van der Waals surface area contributed by atoms with Crippen LogP contribution in [0, 0.1) is 0 Å². The first kappa shape index (κ1) is 13.5. The van der Waals surface area contributed by atoms with Gasteiger partial charge in [-0.1, -0.05) is 6.07 Å². The van der Waals surface area contributed by atoms with Crippen molar-refractivity contribution in [2.75, 3.05) is 24.6 Å². The maximum absolute atomic E-state index is 12.2. The third-order valence-electron chi connectivity index (χ3n) is 2.98. The maximum Gasteiger partial charge on any atom is 0.244 e. The van der Waals surface area contributed by atoms with E-state index in [4.69, 9.17) is 5.73 Å². The molecule has 7 heteroatoms. The van der Waals surface area contributed by atoms with Crippen molar-refractivity contribution in [1.82, 2.24) is 4.90 Å². The fraction of sp³-hybridized carbons (Fsp3) is 0.545. The van der Waals surface area contributed by atoms with Gasteiger partial charge in [-0.3, -0.25) is 4.79 Å². The smallest absolute Gasteiger partial charge is 0.244 e. The van der Waals surface area contributed by atoms with E-state index in [2.05, 4.69) is 0 Å². The number of thiophene rings is 1. The molecule has 2 N–H and O–H groups in total. The number of hydrogen-bond acceptors (Lipinski definition) is 5. The van der Waals surface area contributed by atoms with Crippen LogP contribution in [0.5, 0.6) is 0 Å². The molecule has 1 unspecified atom stereocenters. The molecule has 1 saturated heterocycles. The van der Waals surface area contributed by atoms with Crippen LogP contribution in [0.1, 0.15) is 17.3 Å². The van der Waals surface area contributed by atoms with E-state index in [1.165, 1.54) is 11.3 Å². The molecule has 1 aliphatic rings. The Balaban J connectivity index is 2.05. The Morgan fingerprint density at radius 1 is 1.39 bits per heavy atom. The van der Waals surface area contributed by atoms with Crippen molar-refractivity contribution in [2.45, 2.75) is 12.5 Å². The molecule has 2 heterocycles. The van der Waals surface area contributed by atoms with E-state index in [0.29, 0.717) is 13.0 Å². The van der Waals surface area contributed by atoms with Gasteiger partial charge in [0, 0.05) is 18.0 Å². The van der Waals surface area contributed by atoms with Gasteiger partial charge in [0.15, 0.2) is 9.84 Å². The van der Waals surface area contributed by atoms with Crippen LogP contribution >= 0.6 is 11.3 Å². The second kappa shape index (κ2) is 5.38. The van der Waals surface area contributed by atoms with Crippen molar-refractivity contribution in [2.24, 2.45) is 5.73 Å². The normalized spacial score (nSPS) is 21.3. The number of rotatable bonds is 2. The van der Waals surface area contributed by atoms with E-state index in [9.17, 15) is 13.2 Å². The number of nitrogens with two attached hydrogens (primary N) is 1. The van der Waals surface area contributed by atoms with Crippen LogP contribution in [0.2, 0.25) is 0 Å². The van der Waals surface area contributed by atoms with Crippen LogP contribution in [-0.4, -0.2) is 43.8 Å². The van der Waals surface area contributed by atoms with Gasteiger partial charge in [-0.25, -0.2) is 8.42 Å². The van der Waals surface area contributed by atoms with E-state index < -0.39 is 15.9 Å². The molecule has 0 aromatic carbocycles. The molecular formula is C11H16N2O3S2. The quantitative estimate of drug-likeness (QED) is 0.854. The zero-order chi connectivity index (χ0) is 13.2. The van der Waals surface area contributed by atoms with Gasteiger partial charge in [0.25, 0.3) is 0 Å². The molecule has 0 aliphatic carbocycles. The first-order valence-electron chi connectivity index (χ1n) is 5.78. The monoisotopic (exact) mass is 288 g/mol. The molecule has 0 bridgehead atoms. The summed E-state index contributed by atoms with van der Waals surface area (Å²) in [5, 5.41) is 1.87. The lowest BCUT2D eigenvalue weighted by Crippen LogP contribution is -2.39. The van der Waals surface area contributed by atoms with E-state index in [1.807, 2.05) is 17.5 Å². The SMILES string of the molecule is NC(C(=O)N1CCCS(=O)(=O)CC1)c1cccs1. The second-order valence-corrected chi connectivity index (χ2v) is 7.61. The number of amides is 1. The third kappa shape index (κ3) is 3.09. The standard InChI is InChI=1S/C11H16N2O3S2/c12-10(9-3-1-6-17-9)11(14)13-4-2-7-18(15,16)8-5-13/h1,3,6,10H,2,4-5,7-8,12H2. The molecule has 1 atom stereocenters. The molecule has 0 spiro atoms. The minimum atomic E-state index is -3.00. The fourth-order valence-electron chi connectivity index (χ4n) is 1.95. The minimum absolute atomic E-state index is 0.0376. The lowest BCUT2D eigenvalue weighted by molar-refractivity contribution is -0.132. The summed E-state index contributed by atoms with van der Waals surface area (Å²) < 4.78 is 22.9. The summed E-state index contributed by atoms with van der Waals surface area (Å²) in [6.07, 6.45) is 0.491. The summed E-state index contributed by atoms with van der Waals surface area (Å²) in [4.78, 5) is 14.5. The van der Waals surface area contributed by atoms with Gasteiger partial charge in [0.1, 0.15) is 6.04 Å². The average molecular weight is 288 g/mol. The highest BCUT2D eigenvalue weighted by Crippen LogP contribution is 2.19. The van der Waals surface area contributed by atoms with Crippen molar-refractivity contribution >= 4 is 27.1 Å². The van der Waals surface area contributed by atoms with Crippen LogP contribution in [0.4, 0.5) is 0 Å². The Hall–Kier alpha value is -0.920. The topological polar surface area (TPSA) is 80.5 Å². The van der Waals surface area contributed by atoms with Crippen molar-refractivity contribution < 1.29 is 13.2 Å². The Kier molecular flexibility index (Phi) is 4.04. The highest BCUT2D eigenvalue weighted by Gasteiger charge is 2.27. The van der Waals surface area contributed by atoms with E-state index in [1.54, 1.807) is 4.90 Å². The van der Waals surface area contributed by atoms with Gasteiger partial charge in [-0.15, -0.1) is 11.3 Å².